The van der Waals surface area contributed by atoms with Gasteiger partial charge in [-0.15, -0.1) is 11.3 Å². The summed E-state index contributed by atoms with van der Waals surface area (Å²) in [6.07, 6.45) is -5.55. The van der Waals surface area contributed by atoms with Crippen LogP contribution in [0.25, 0.3) is 0 Å². The van der Waals surface area contributed by atoms with Crippen LogP contribution in [0.2, 0.25) is 4.34 Å². The minimum atomic E-state index is -4.99. The molecule has 1 unspecified atom stereocenters. The van der Waals surface area contributed by atoms with Gasteiger partial charge in [-0.3, -0.25) is 9.80 Å². The summed E-state index contributed by atoms with van der Waals surface area (Å²) in [6, 6.07) is -0.550. The number of thiophene rings is 1. The Bertz CT molecular complexity index is 850. The van der Waals surface area contributed by atoms with E-state index in [9.17, 15) is 23.1 Å². The number of carbonyl (C=O) groups is 1. The van der Waals surface area contributed by atoms with Crippen LogP contribution in [-0.2, 0) is 15.1 Å². The summed E-state index contributed by atoms with van der Waals surface area (Å²) < 4.78 is 46.5. The fraction of sp³-hybridized carbons (Fsp3) is 0.706. The quantitative estimate of drug-likeness (QED) is 0.709. The van der Waals surface area contributed by atoms with Gasteiger partial charge in [-0.25, -0.2) is 0 Å². The standard InChI is InChI=1S/C17H20ClF3N4O3S/c1-8-4-16(14-9(3-13(18)29-14)12(26)7-28-16)5-11(10-6-24(2)23-22-10)25(8)15(27)17(19,20)21/h3,8,10-12,26H,4-7H2,1-2H3/t8-,10?,11-,12+,16-/m0/s1. The largest absolute Gasteiger partial charge is 0.471 e. The zero-order chi connectivity index (χ0) is 21.1. The predicted molar refractivity (Wildman–Crippen MR) is 98.6 cm³/mol. The number of rotatable bonds is 1. The maximum absolute atomic E-state index is 13.3. The topological polar surface area (TPSA) is 77.7 Å². The van der Waals surface area contributed by atoms with Crippen LogP contribution >= 0.6 is 22.9 Å². The number of fused-ring (bicyclic) bond motifs is 2. The average Bonchev–Trinajstić information content (AvgIpc) is 3.23. The third-order valence-electron chi connectivity index (χ3n) is 5.74. The number of carbonyl (C=O) groups excluding carboxylic acids is 1. The number of hydrogen-bond donors (Lipinski definition) is 1. The molecule has 1 spiro atoms. The molecule has 3 aliphatic heterocycles. The van der Waals surface area contributed by atoms with Gasteiger partial charge in [0.1, 0.15) is 17.7 Å². The van der Waals surface area contributed by atoms with Crippen molar-refractivity contribution < 1.29 is 27.8 Å². The molecular weight excluding hydrogens is 433 g/mol. The molecule has 0 saturated carbocycles. The van der Waals surface area contributed by atoms with Gasteiger partial charge in [-0.05, 0) is 13.0 Å². The Kier molecular flexibility index (Phi) is 5.08. The van der Waals surface area contributed by atoms with E-state index in [1.54, 1.807) is 20.0 Å². The first kappa shape index (κ1) is 20.8. The second-order valence-electron chi connectivity index (χ2n) is 7.80. The van der Waals surface area contributed by atoms with Crippen molar-refractivity contribution in [2.24, 2.45) is 10.3 Å². The van der Waals surface area contributed by atoms with Crippen LogP contribution in [0.3, 0.4) is 0 Å². The van der Waals surface area contributed by atoms with E-state index in [2.05, 4.69) is 10.3 Å². The molecule has 160 valence electrons. The van der Waals surface area contributed by atoms with Gasteiger partial charge >= 0.3 is 12.1 Å². The molecule has 1 saturated heterocycles. The minimum absolute atomic E-state index is 0.0127. The SMILES string of the molecule is C[C@H]1C[C@@]2(C[C@@H](C3CN(C)N=N3)N1C(=O)C(F)(F)F)OC[C@@H](O)c1cc(Cl)sc12. The summed E-state index contributed by atoms with van der Waals surface area (Å²) in [5, 5.41) is 19.8. The van der Waals surface area contributed by atoms with E-state index >= 15 is 0 Å². The molecule has 0 aliphatic carbocycles. The number of nitrogens with zero attached hydrogens (tertiary/aromatic N) is 4. The summed E-state index contributed by atoms with van der Waals surface area (Å²) in [7, 11) is 1.67. The third kappa shape index (κ3) is 3.51. The van der Waals surface area contributed by atoms with Crippen molar-refractivity contribution in [1.29, 1.82) is 0 Å². The van der Waals surface area contributed by atoms with E-state index in [1.807, 2.05) is 0 Å². The van der Waals surface area contributed by atoms with E-state index in [4.69, 9.17) is 16.3 Å². The van der Waals surface area contributed by atoms with E-state index in [0.717, 1.165) is 4.90 Å². The predicted octanol–water partition coefficient (Wildman–Crippen LogP) is 3.28. The summed E-state index contributed by atoms with van der Waals surface area (Å²) in [6.45, 7) is 1.89. The van der Waals surface area contributed by atoms with Crippen molar-refractivity contribution in [1.82, 2.24) is 9.91 Å². The number of ether oxygens (including phenoxy) is 1. The molecule has 1 fully saturated rings. The summed E-state index contributed by atoms with van der Waals surface area (Å²) in [4.78, 5) is 13.9. The highest BCUT2D eigenvalue weighted by molar-refractivity contribution is 7.16. The van der Waals surface area contributed by atoms with Gasteiger partial charge < -0.3 is 14.7 Å². The number of alkyl halides is 3. The highest BCUT2D eigenvalue weighted by atomic mass is 35.5. The first-order valence-corrected chi connectivity index (χ1v) is 10.3. The molecule has 1 aromatic heterocycles. The lowest BCUT2D eigenvalue weighted by Crippen LogP contribution is -2.63. The Hall–Kier alpha value is -1.43. The number of aliphatic hydroxyl groups excluding tert-OH is 1. The molecule has 7 nitrogen and oxygen atoms in total. The smallest absolute Gasteiger partial charge is 0.386 e. The van der Waals surface area contributed by atoms with Crippen molar-refractivity contribution in [2.45, 2.75) is 55.8 Å². The zero-order valence-electron chi connectivity index (χ0n) is 15.7. The highest BCUT2D eigenvalue weighted by Gasteiger charge is 2.57. The summed E-state index contributed by atoms with van der Waals surface area (Å²) in [5.74, 6) is -1.88. The number of halogens is 4. The molecule has 29 heavy (non-hydrogen) atoms. The van der Waals surface area contributed by atoms with Gasteiger partial charge in [0, 0.05) is 36.4 Å². The van der Waals surface area contributed by atoms with Crippen molar-refractivity contribution in [3.8, 4) is 0 Å². The molecule has 0 aromatic carbocycles. The molecule has 4 rings (SSSR count). The number of likely N-dealkylation sites (tertiary alicyclic amines) is 1. The van der Waals surface area contributed by atoms with Crippen LogP contribution < -0.4 is 0 Å². The lowest BCUT2D eigenvalue weighted by molar-refractivity contribution is -0.204. The van der Waals surface area contributed by atoms with E-state index in [-0.39, 0.29) is 19.4 Å². The molecule has 4 heterocycles. The van der Waals surface area contributed by atoms with Crippen LogP contribution in [-0.4, -0.2) is 65.4 Å². The van der Waals surface area contributed by atoms with Crippen LogP contribution in [0, 0.1) is 0 Å². The number of piperidine rings is 1. The van der Waals surface area contributed by atoms with Gasteiger partial charge in [0.25, 0.3) is 0 Å². The maximum Gasteiger partial charge on any atom is 0.471 e. The second-order valence-corrected chi connectivity index (χ2v) is 9.49. The van der Waals surface area contributed by atoms with Crippen LogP contribution in [0.15, 0.2) is 16.4 Å². The molecule has 3 aliphatic rings. The fourth-order valence-corrected chi connectivity index (χ4v) is 6.07. The van der Waals surface area contributed by atoms with E-state index < -0.39 is 41.9 Å². The molecule has 0 radical (unpaired) electrons. The Morgan fingerprint density at radius 3 is 2.79 bits per heavy atom. The average molecular weight is 453 g/mol. The summed E-state index contributed by atoms with van der Waals surface area (Å²) >= 11 is 7.43. The monoisotopic (exact) mass is 452 g/mol. The minimum Gasteiger partial charge on any atom is -0.386 e. The molecular formula is C17H20ClF3N4O3S. The lowest BCUT2D eigenvalue weighted by Gasteiger charge is -2.52. The number of amides is 1. The second kappa shape index (κ2) is 7.07. The van der Waals surface area contributed by atoms with Gasteiger partial charge in [-0.2, -0.15) is 18.3 Å². The third-order valence-corrected chi connectivity index (χ3v) is 7.21. The molecule has 1 amide bonds. The van der Waals surface area contributed by atoms with Crippen LogP contribution in [0.5, 0.6) is 0 Å². The lowest BCUT2D eigenvalue weighted by atomic mass is 9.76. The molecule has 0 bridgehead atoms. The summed E-state index contributed by atoms with van der Waals surface area (Å²) in [5.41, 5.74) is -0.298. The molecule has 5 atom stereocenters. The van der Waals surface area contributed by atoms with Gasteiger partial charge in [0.15, 0.2) is 0 Å². The van der Waals surface area contributed by atoms with Crippen molar-refractivity contribution in [2.75, 3.05) is 20.2 Å². The highest BCUT2D eigenvalue weighted by Crippen LogP contribution is 2.52. The molecule has 12 heteroatoms. The number of aliphatic hydroxyl groups is 1. The Labute approximate surface area is 174 Å². The Morgan fingerprint density at radius 1 is 1.45 bits per heavy atom. The Morgan fingerprint density at radius 2 is 2.17 bits per heavy atom. The van der Waals surface area contributed by atoms with Gasteiger partial charge in [0.05, 0.1) is 23.5 Å². The zero-order valence-corrected chi connectivity index (χ0v) is 17.3. The van der Waals surface area contributed by atoms with Crippen molar-refractivity contribution in [3.63, 3.8) is 0 Å². The normalized spacial score (nSPS) is 34.7. The van der Waals surface area contributed by atoms with Gasteiger partial charge in [-0.1, -0.05) is 16.8 Å². The first-order chi connectivity index (χ1) is 13.5. The van der Waals surface area contributed by atoms with Crippen molar-refractivity contribution >= 4 is 28.8 Å². The Balaban J connectivity index is 1.75. The molecule has 1 N–H and O–H groups in total. The number of likely N-dealkylation sites (N-methyl/N-ethyl adjacent to an activating group) is 1. The van der Waals surface area contributed by atoms with E-state index in [0.29, 0.717) is 21.3 Å². The van der Waals surface area contributed by atoms with Crippen molar-refractivity contribution in [3.05, 3.63) is 20.8 Å². The van der Waals surface area contributed by atoms with Crippen LogP contribution in [0.4, 0.5) is 13.2 Å². The van der Waals surface area contributed by atoms with Gasteiger partial charge in [0.2, 0.25) is 0 Å². The number of hydrogen-bond acceptors (Lipinski definition) is 7. The fourth-order valence-electron chi connectivity index (χ4n) is 4.61. The van der Waals surface area contributed by atoms with E-state index in [1.165, 1.54) is 16.3 Å². The first-order valence-electron chi connectivity index (χ1n) is 9.15. The maximum atomic E-state index is 13.3. The van der Waals surface area contributed by atoms with Crippen LogP contribution in [0.1, 0.15) is 36.3 Å². The molecule has 1 aromatic rings.